The minimum Gasteiger partial charge on any atom is -0.0944 e. The molecule has 20 heavy (non-hydrogen) atoms. The molecule has 0 spiro atoms. The maximum atomic E-state index is 2.42. The molecule has 0 radical (unpaired) electrons. The third-order valence-electron chi connectivity index (χ3n) is 3.25. The van der Waals surface area contributed by atoms with Crippen molar-refractivity contribution in [1.82, 2.24) is 0 Å². The summed E-state index contributed by atoms with van der Waals surface area (Å²) in [4.78, 5) is 0. The minimum atomic E-state index is -1.31. The van der Waals surface area contributed by atoms with E-state index in [0.717, 1.165) is 0 Å². The van der Waals surface area contributed by atoms with E-state index in [2.05, 4.69) is 91.6 Å². The first-order valence-corrected chi connectivity index (χ1v) is 10.4. The van der Waals surface area contributed by atoms with Crippen LogP contribution in [-0.2, 0) is 6.04 Å². The largest absolute Gasteiger partial charge is 0.0944 e. The Hall–Kier alpha value is -1.86. The van der Waals surface area contributed by atoms with E-state index in [1.54, 1.807) is 0 Å². The summed E-state index contributed by atoms with van der Waals surface area (Å²) in [6, 6.07) is 22.4. The van der Waals surface area contributed by atoms with Crippen LogP contribution in [0.4, 0.5) is 0 Å². The highest BCUT2D eigenvalue weighted by atomic mass is 28.3. The first kappa shape index (κ1) is 14.5. The quantitative estimate of drug-likeness (QED) is 0.515. The summed E-state index contributed by atoms with van der Waals surface area (Å²) in [5.74, 6) is 0. The monoisotopic (exact) mass is 278 g/mol. The van der Waals surface area contributed by atoms with E-state index >= 15 is 0 Å². The van der Waals surface area contributed by atoms with Gasteiger partial charge in [-0.2, -0.15) is 0 Å². The number of allylic oxidation sites excluding steroid dienone is 2. The maximum absolute atomic E-state index is 2.42. The Morgan fingerprint density at radius 3 is 2.05 bits per heavy atom. The second-order valence-corrected chi connectivity index (χ2v) is 10.4. The molecule has 0 aliphatic heterocycles. The molecular weight excluding hydrogens is 256 g/mol. The maximum Gasteiger partial charge on any atom is 0.0760 e. The highest BCUT2D eigenvalue weighted by molar-refractivity contribution is 6.81. The molecule has 0 saturated heterocycles. The minimum absolute atomic E-state index is 1.20. The van der Waals surface area contributed by atoms with E-state index in [-0.39, 0.29) is 0 Å². The third kappa shape index (κ3) is 5.02. The van der Waals surface area contributed by atoms with E-state index in [1.807, 2.05) is 6.07 Å². The number of hydrogen-bond donors (Lipinski definition) is 0. The average molecular weight is 278 g/mol. The first-order chi connectivity index (χ1) is 9.66. The van der Waals surface area contributed by atoms with E-state index in [1.165, 1.54) is 17.2 Å². The van der Waals surface area contributed by atoms with Crippen molar-refractivity contribution in [3.8, 4) is 0 Å². The third-order valence-corrected chi connectivity index (χ3v) is 5.66. The van der Waals surface area contributed by atoms with Gasteiger partial charge in [0.15, 0.2) is 0 Å². The zero-order valence-corrected chi connectivity index (χ0v) is 13.3. The number of hydrogen-bond acceptors (Lipinski definition) is 0. The second kappa shape index (κ2) is 7.06. The van der Waals surface area contributed by atoms with Crippen molar-refractivity contribution in [2.45, 2.75) is 19.1 Å². The molecule has 2 aromatic rings. The molecule has 0 aliphatic rings. The van der Waals surface area contributed by atoms with Crippen LogP contribution in [0.3, 0.4) is 0 Å². The summed E-state index contributed by atoms with van der Waals surface area (Å²) in [7, 11) is -1.31. The van der Waals surface area contributed by atoms with Crippen LogP contribution in [0, 0.1) is 0 Å². The average Bonchev–Trinajstić information content (AvgIpc) is 2.45. The van der Waals surface area contributed by atoms with Crippen molar-refractivity contribution in [2.24, 2.45) is 0 Å². The molecule has 102 valence electrons. The second-order valence-electron chi connectivity index (χ2n) is 5.78. The van der Waals surface area contributed by atoms with Crippen LogP contribution < -0.4 is 0 Å². The lowest BCUT2D eigenvalue weighted by atomic mass is 10.2. The summed E-state index contributed by atoms with van der Waals surface area (Å²) >= 11 is 0. The van der Waals surface area contributed by atoms with Crippen molar-refractivity contribution >= 4 is 14.1 Å². The summed E-state index contributed by atoms with van der Waals surface area (Å²) in [5, 5.41) is 0. The lowest BCUT2D eigenvalue weighted by Gasteiger charge is -2.17. The molecule has 0 fully saturated rings. The molecule has 0 N–H and O–H groups in total. The van der Waals surface area contributed by atoms with E-state index in [0.29, 0.717) is 0 Å². The van der Waals surface area contributed by atoms with E-state index in [4.69, 9.17) is 0 Å². The molecule has 2 aromatic carbocycles. The Morgan fingerprint density at radius 2 is 1.40 bits per heavy atom. The lowest BCUT2D eigenvalue weighted by molar-refractivity contribution is 1.32. The molecule has 0 unspecified atom stereocenters. The van der Waals surface area contributed by atoms with Crippen molar-refractivity contribution < 1.29 is 0 Å². The van der Waals surface area contributed by atoms with Gasteiger partial charge in [-0.25, -0.2) is 0 Å². The molecular formula is C19H22Si. The van der Waals surface area contributed by atoms with Crippen LogP contribution in [0.25, 0.3) is 6.08 Å². The Balaban J connectivity index is 1.94. The summed E-state index contributed by atoms with van der Waals surface area (Å²) in [5.41, 5.74) is 5.11. The molecule has 0 aliphatic carbocycles. The first-order valence-electron chi connectivity index (χ1n) is 7.11. The molecule has 2 rings (SSSR count). The van der Waals surface area contributed by atoms with Gasteiger partial charge in [-0.1, -0.05) is 103 Å². The zero-order chi connectivity index (χ0) is 14.3. The Morgan fingerprint density at radius 1 is 0.800 bits per heavy atom. The zero-order valence-electron chi connectivity index (χ0n) is 12.3. The number of rotatable bonds is 5. The molecule has 0 saturated carbocycles. The van der Waals surface area contributed by atoms with Gasteiger partial charge >= 0.3 is 0 Å². The molecule has 0 nitrogen and oxygen atoms in total. The lowest BCUT2D eigenvalue weighted by Crippen LogP contribution is -2.26. The SMILES string of the molecule is C[Si](C)(/C=C/C=C/c1ccccc1)Cc1ccccc1. The molecule has 0 atom stereocenters. The van der Waals surface area contributed by atoms with Crippen molar-refractivity contribution in [1.29, 1.82) is 0 Å². The predicted molar refractivity (Wildman–Crippen MR) is 92.2 cm³/mol. The van der Waals surface area contributed by atoms with Crippen molar-refractivity contribution in [3.63, 3.8) is 0 Å². The van der Waals surface area contributed by atoms with Gasteiger partial charge in [0.05, 0.1) is 8.07 Å². The fourth-order valence-corrected chi connectivity index (χ4v) is 4.27. The van der Waals surface area contributed by atoms with Crippen LogP contribution in [0.1, 0.15) is 11.1 Å². The molecule has 1 heteroatoms. The standard InChI is InChI=1S/C19H22Si/c1-20(2,17-19-14-7-4-8-15-19)16-10-9-13-18-11-5-3-6-12-18/h3-16H,17H2,1-2H3/b13-9+,16-10+. The van der Waals surface area contributed by atoms with Crippen LogP contribution in [-0.4, -0.2) is 8.07 Å². The molecule has 0 heterocycles. The molecule has 0 aromatic heterocycles. The fraction of sp³-hybridized carbons (Fsp3) is 0.158. The molecule has 0 bridgehead atoms. The normalized spacial score (nSPS) is 12.3. The fourth-order valence-electron chi connectivity index (χ4n) is 2.23. The number of benzene rings is 2. The van der Waals surface area contributed by atoms with Gasteiger partial charge in [-0.05, 0) is 11.6 Å². The van der Waals surface area contributed by atoms with Crippen molar-refractivity contribution in [3.05, 3.63) is 89.6 Å². The highest BCUT2D eigenvalue weighted by Gasteiger charge is 2.16. The van der Waals surface area contributed by atoms with Crippen LogP contribution >= 0.6 is 0 Å². The van der Waals surface area contributed by atoms with Gasteiger partial charge in [0, 0.05) is 0 Å². The van der Waals surface area contributed by atoms with Gasteiger partial charge in [-0.3, -0.25) is 0 Å². The Bertz CT molecular complexity index is 565. The van der Waals surface area contributed by atoms with E-state index in [9.17, 15) is 0 Å². The van der Waals surface area contributed by atoms with Crippen LogP contribution in [0.5, 0.6) is 0 Å². The Labute approximate surface area is 123 Å². The summed E-state index contributed by atoms with van der Waals surface area (Å²) in [6.07, 6.45) is 6.51. The van der Waals surface area contributed by atoms with Gasteiger partial charge < -0.3 is 0 Å². The van der Waals surface area contributed by atoms with Gasteiger partial charge in [0.1, 0.15) is 0 Å². The predicted octanol–water partition coefficient (Wildman–Crippen LogP) is 5.29. The Kier molecular flexibility index (Phi) is 5.14. The summed E-state index contributed by atoms with van der Waals surface area (Å²) < 4.78 is 0. The topological polar surface area (TPSA) is 0 Å². The smallest absolute Gasteiger partial charge is 0.0760 e. The van der Waals surface area contributed by atoms with Gasteiger partial charge in [-0.15, -0.1) is 0 Å². The van der Waals surface area contributed by atoms with E-state index < -0.39 is 8.07 Å². The van der Waals surface area contributed by atoms with Crippen LogP contribution in [0.2, 0.25) is 13.1 Å². The summed E-state index contributed by atoms with van der Waals surface area (Å²) in [6.45, 7) is 4.82. The highest BCUT2D eigenvalue weighted by Crippen LogP contribution is 2.13. The van der Waals surface area contributed by atoms with Gasteiger partial charge in [0.25, 0.3) is 0 Å². The van der Waals surface area contributed by atoms with Gasteiger partial charge in [0.2, 0.25) is 0 Å². The van der Waals surface area contributed by atoms with Crippen LogP contribution in [0.15, 0.2) is 78.5 Å². The molecule has 0 amide bonds. The van der Waals surface area contributed by atoms with Crippen molar-refractivity contribution in [2.75, 3.05) is 0 Å².